The second-order valence-corrected chi connectivity index (χ2v) is 20.9. The highest BCUT2D eigenvalue weighted by molar-refractivity contribution is 14.1. The zero-order valence-corrected chi connectivity index (χ0v) is 35.9. The van der Waals surface area contributed by atoms with E-state index in [0.29, 0.717) is 63.7 Å². The van der Waals surface area contributed by atoms with E-state index in [1.807, 2.05) is 73.7 Å². The number of aromatic nitrogens is 1. The number of amides is 5. The maximum absolute atomic E-state index is 14.8. The average molecular weight is 923 g/mol. The first kappa shape index (κ1) is 40.5. The van der Waals surface area contributed by atoms with Crippen molar-refractivity contribution in [1.82, 2.24) is 30.6 Å². The van der Waals surface area contributed by atoms with Gasteiger partial charge < -0.3 is 25.6 Å². The molecule has 8 rings (SSSR count). The third-order valence-corrected chi connectivity index (χ3v) is 16.6. The molecule has 3 fully saturated rings. The number of allylic oxidation sites excluding steroid dienone is 1. The Morgan fingerprint density at radius 1 is 1.03 bits per heavy atom. The Morgan fingerprint density at radius 2 is 1.79 bits per heavy atom. The van der Waals surface area contributed by atoms with Crippen molar-refractivity contribution < 1.29 is 32.3 Å². The number of aryl methyl sites for hydroxylation is 2. The predicted molar refractivity (Wildman–Crippen MR) is 228 cm³/mol. The molecule has 4 N–H and O–H groups in total. The molecule has 2 saturated carbocycles. The predicted octanol–water partition coefficient (Wildman–Crippen LogP) is 5.13. The minimum atomic E-state index is -3.90. The molecule has 13 nitrogen and oxygen atoms in total. The smallest absolute Gasteiger partial charge is 0.315 e. The van der Waals surface area contributed by atoms with Crippen LogP contribution in [0.3, 0.4) is 0 Å². The van der Waals surface area contributed by atoms with Gasteiger partial charge in [-0.25, -0.2) is 18.2 Å². The van der Waals surface area contributed by atoms with Crippen molar-refractivity contribution in [1.29, 1.82) is 0 Å². The lowest BCUT2D eigenvalue weighted by Gasteiger charge is -2.36. The summed E-state index contributed by atoms with van der Waals surface area (Å²) < 4.78 is 33.3. The van der Waals surface area contributed by atoms with Crippen LogP contribution in [0.4, 0.5) is 4.79 Å². The SMILES string of the molecule is Cc1nc2ccccc2c2c1O[C@]1(CC2)C[C@H]2C(=O)N[C@@]3(I)C(C(=O)NS(=O)(=O)C4(C)CC4)[C@H]3/C=C\CCCCC[C@H](NC(=O)NCCc3ccccc3)C(=O)N2C1. The van der Waals surface area contributed by atoms with Crippen LogP contribution in [0.2, 0.25) is 0 Å². The Balaban J connectivity index is 1.08. The van der Waals surface area contributed by atoms with Crippen LogP contribution in [0, 0.1) is 18.8 Å². The van der Waals surface area contributed by atoms with E-state index < -0.39 is 65.7 Å². The minimum Gasteiger partial charge on any atom is -0.483 e. The van der Waals surface area contributed by atoms with Crippen LogP contribution in [-0.4, -0.2) is 81.1 Å². The summed E-state index contributed by atoms with van der Waals surface area (Å²) in [5, 5.41) is 9.98. The quantitative estimate of drug-likeness (QED) is 0.109. The van der Waals surface area contributed by atoms with E-state index in [1.54, 1.807) is 11.8 Å². The summed E-state index contributed by atoms with van der Waals surface area (Å²) in [7, 11) is -3.90. The second kappa shape index (κ2) is 15.7. The van der Waals surface area contributed by atoms with Crippen molar-refractivity contribution in [2.45, 2.75) is 110 Å². The van der Waals surface area contributed by atoms with Crippen molar-refractivity contribution in [3.8, 4) is 5.75 Å². The average Bonchev–Trinajstić information content (AvgIpc) is 4.04. The number of nitrogens with zero attached hydrogens (tertiary/aromatic N) is 2. The molecule has 15 heteroatoms. The van der Waals surface area contributed by atoms with Gasteiger partial charge in [0.25, 0.3) is 0 Å². The van der Waals surface area contributed by atoms with Crippen molar-refractivity contribution in [2.24, 2.45) is 11.8 Å². The van der Waals surface area contributed by atoms with Crippen LogP contribution >= 0.6 is 22.6 Å². The van der Waals surface area contributed by atoms with Crippen LogP contribution in [0.15, 0.2) is 66.7 Å². The second-order valence-electron chi connectivity index (χ2n) is 16.9. The summed E-state index contributed by atoms with van der Waals surface area (Å²) in [4.78, 5) is 63.0. The van der Waals surface area contributed by atoms with Gasteiger partial charge in [0.15, 0.2) is 0 Å². The van der Waals surface area contributed by atoms with Crippen LogP contribution in [-0.2, 0) is 37.2 Å². The molecule has 3 aliphatic heterocycles. The molecule has 2 aliphatic carbocycles. The van der Waals surface area contributed by atoms with Crippen molar-refractivity contribution >= 4 is 67.3 Å². The molecular weight excluding hydrogens is 871 g/mol. The summed E-state index contributed by atoms with van der Waals surface area (Å²) in [6.07, 6.45) is 10.2. The first-order valence-electron chi connectivity index (χ1n) is 20.4. The van der Waals surface area contributed by atoms with Crippen LogP contribution < -0.4 is 25.4 Å². The van der Waals surface area contributed by atoms with E-state index in [0.717, 1.165) is 40.6 Å². The third kappa shape index (κ3) is 7.92. The number of hydrogen-bond donors (Lipinski definition) is 4. The Hall–Kier alpha value is -4.25. The lowest BCUT2D eigenvalue weighted by Crippen LogP contribution is -2.56. The van der Waals surface area contributed by atoms with Gasteiger partial charge in [-0.3, -0.25) is 19.1 Å². The number of sulfonamides is 1. The lowest BCUT2D eigenvalue weighted by molar-refractivity contribution is -0.140. The fourth-order valence-electron chi connectivity index (χ4n) is 8.92. The van der Waals surface area contributed by atoms with Gasteiger partial charge in [0.2, 0.25) is 27.7 Å². The Kier molecular flexibility index (Phi) is 11.0. The number of hydrogen-bond acceptors (Lipinski definition) is 8. The third-order valence-electron chi connectivity index (χ3n) is 12.7. The highest BCUT2D eigenvalue weighted by Gasteiger charge is 2.68. The molecule has 4 heterocycles. The summed E-state index contributed by atoms with van der Waals surface area (Å²) in [6, 6.07) is 15.4. The molecule has 308 valence electrons. The number of para-hydroxylation sites is 1. The standard InChI is InChI=1S/C43H51IN6O7S/c1-27-36-30(29-15-11-12-17-32(29)46-27)19-21-42(57-36)25-34-37(51)48-43(44)31(35(43)38(52)49-58(55,56)41(2)22-23-41)16-9-4-3-5-10-18-33(39(53)50(34)26-42)47-40(54)45-24-20-28-13-7-6-8-14-28/h6-9,11-17,31,33-35H,3-5,10,18-26H2,1-2H3,(H,48,51)(H,49,52)(H2,45,47,54)/b16-9-/t31-,33+,34+,35?,42-,43-/m1/s1. The number of halogens is 1. The maximum atomic E-state index is 14.8. The number of alkyl halides is 1. The van der Waals surface area contributed by atoms with Crippen molar-refractivity contribution in [3.63, 3.8) is 0 Å². The summed E-state index contributed by atoms with van der Waals surface area (Å²) in [5.74, 6) is -2.13. The number of benzene rings is 2. The largest absolute Gasteiger partial charge is 0.483 e. The number of ether oxygens (including phenoxy) is 1. The molecule has 58 heavy (non-hydrogen) atoms. The lowest BCUT2D eigenvalue weighted by atomic mass is 9.87. The Morgan fingerprint density at radius 3 is 2.57 bits per heavy atom. The molecule has 2 aromatic carbocycles. The van der Waals surface area contributed by atoms with Crippen LogP contribution in [0.1, 0.15) is 81.5 Å². The number of rotatable bonds is 7. The molecule has 5 aliphatic rings. The summed E-state index contributed by atoms with van der Waals surface area (Å²) in [6.45, 7) is 4.02. The van der Waals surface area contributed by atoms with Gasteiger partial charge in [0, 0.05) is 29.8 Å². The van der Waals surface area contributed by atoms with E-state index >= 15 is 0 Å². The van der Waals surface area contributed by atoms with Crippen LogP contribution in [0.5, 0.6) is 5.75 Å². The van der Waals surface area contributed by atoms with Crippen LogP contribution in [0.25, 0.3) is 10.9 Å². The summed E-state index contributed by atoms with van der Waals surface area (Å²) in [5.41, 5.74) is 2.81. The van der Waals surface area contributed by atoms with E-state index in [1.165, 1.54) is 0 Å². The fourth-order valence-corrected chi connectivity index (χ4v) is 11.5. The Labute approximate surface area is 353 Å². The first-order valence-corrected chi connectivity index (χ1v) is 23.0. The minimum absolute atomic E-state index is 0.113. The molecule has 1 unspecified atom stereocenters. The number of carbonyl (C=O) groups excluding carboxylic acids is 4. The van der Waals surface area contributed by atoms with Gasteiger partial charge in [-0.15, -0.1) is 0 Å². The molecule has 0 radical (unpaired) electrons. The molecule has 3 aromatic rings. The molecule has 1 aromatic heterocycles. The number of nitrogens with one attached hydrogen (secondary N) is 4. The maximum Gasteiger partial charge on any atom is 0.315 e. The van der Waals surface area contributed by atoms with Gasteiger partial charge in [0.1, 0.15) is 27.0 Å². The molecule has 1 saturated heterocycles. The van der Waals surface area contributed by atoms with Gasteiger partial charge in [-0.05, 0) is 76.8 Å². The van der Waals surface area contributed by atoms with E-state index in [2.05, 4.69) is 43.3 Å². The molecule has 0 bridgehead atoms. The molecule has 6 atom stereocenters. The molecular formula is C43H51IN6O7S. The fraction of sp³-hybridized carbons (Fsp3) is 0.512. The number of carbonyl (C=O) groups is 4. The molecule has 5 amide bonds. The van der Waals surface area contributed by atoms with E-state index in [4.69, 9.17) is 9.72 Å². The van der Waals surface area contributed by atoms with Gasteiger partial charge >= 0.3 is 6.03 Å². The zero-order valence-electron chi connectivity index (χ0n) is 32.9. The highest BCUT2D eigenvalue weighted by atomic mass is 127. The number of urea groups is 1. The van der Waals surface area contributed by atoms with E-state index in [-0.39, 0.29) is 18.9 Å². The van der Waals surface area contributed by atoms with Crippen molar-refractivity contribution in [2.75, 3.05) is 13.1 Å². The summed E-state index contributed by atoms with van der Waals surface area (Å²) >= 11 is 2.07. The Bertz CT molecular complexity index is 2270. The van der Waals surface area contributed by atoms with Gasteiger partial charge in [-0.2, -0.15) is 0 Å². The van der Waals surface area contributed by atoms with Gasteiger partial charge in [0.05, 0.1) is 28.4 Å². The van der Waals surface area contributed by atoms with E-state index in [9.17, 15) is 27.6 Å². The van der Waals surface area contributed by atoms with Crippen molar-refractivity contribution in [3.05, 3.63) is 83.6 Å². The normalized spacial score (nSPS) is 29.7. The highest BCUT2D eigenvalue weighted by Crippen LogP contribution is 2.57. The topological polar surface area (TPSA) is 176 Å². The van der Waals surface area contributed by atoms with Gasteiger partial charge in [-0.1, -0.05) is 96.1 Å². The zero-order chi connectivity index (χ0) is 40.9. The number of fused-ring (bicyclic) bond motifs is 5. The molecule has 1 spiro atoms. The monoisotopic (exact) mass is 922 g/mol. The first-order chi connectivity index (χ1) is 27.7. The number of pyridine rings is 1.